The van der Waals surface area contributed by atoms with Gasteiger partial charge >= 0.3 is 6.01 Å². The summed E-state index contributed by atoms with van der Waals surface area (Å²) in [5, 5.41) is 4.35. The number of nitrogens with two attached hydrogens (primary N) is 1. The molecule has 0 amide bonds. The zero-order valence-electron chi connectivity index (χ0n) is 9.96. The van der Waals surface area contributed by atoms with Crippen molar-refractivity contribution in [3.8, 4) is 17.4 Å². The maximum absolute atomic E-state index is 5.62. The number of hydrogen-bond acceptors (Lipinski definition) is 6. The molecular weight excluding hydrogens is 234 g/mol. The summed E-state index contributed by atoms with van der Waals surface area (Å²) in [6.45, 7) is 3.32. The molecule has 2 aromatic rings. The first-order chi connectivity index (χ1) is 8.74. The molecule has 7 heteroatoms. The molecule has 94 valence electrons. The molecule has 0 unspecified atom stereocenters. The number of anilines is 1. The Hall–Kier alpha value is -2.15. The number of aromatic nitrogens is 4. The SMILES string of the molecule is Cc1cc(N)ncc1-c1nc2n(n1)COCCO2. The van der Waals surface area contributed by atoms with E-state index in [1.54, 1.807) is 16.9 Å². The molecule has 1 aliphatic heterocycles. The predicted octanol–water partition coefficient (Wildman–Crippen LogP) is 0.597. The molecule has 18 heavy (non-hydrogen) atoms. The minimum Gasteiger partial charge on any atom is -0.461 e. The van der Waals surface area contributed by atoms with Crippen LogP contribution in [0.2, 0.25) is 0 Å². The first kappa shape index (κ1) is 11.0. The lowest BCUT2D eigenvalue weighted by Gasteiger charge is -2.01. The average molecular weight is 247 g/mol. The molecule has 1 aliphatic rings. The van der Waals surface area contributed by atoms with Crippen LogP contribution in [-0.2, 0) is 11.5 Å². The van der Waals surface area contributed by atoms with Gasteiger partial charge in [-0.15, -0.1) is 5.10 Å². The van der Waals surface area contributed by atoms with Crippen molar-refractivity contribution in [2.75, 3.05) is 18.9 Å². The van der Waals surface area contributed by atoms with Crippen LogP contribution >= 0.6 is 0 Å². The Kier molecular flexibility index (Phi) is 2.60. The van der Waals surface area contributed by atoms with Crippen molar-refractivity contribution in [3.63, 3.8) is 0 Å². The largest absolute Gasteiger partial charge is 0.461 e. The van der Waals surface area contributed by atoms with Gasteiger partial charge in [-0.1, -0.05) is 0 Å². The van der Waals surface area contributed by atoms with Crippen molar-refractivity contribution >= 4 is 5.82 Å². The molecule has 0 atom stereocenters. The van der Waals surface area contributed by atoms with E-state index in [1.165, 1.54) is 0 Å². The van der Waals surface area contributed by atoms with Crippen LogP contribution in [0.25, 0.3) is 11.4 Å². The topological polar surface area (TPSA) is 88.1 Å². The van der Waals surface area contributed by atoms with E-state index >= 15 is 0 Å². The summed E-state index contributed by atoms with van der Waals surface area (Å²) in [5.74, 6) is 1.05. The summed E-state index contributed by atoms with van der Waals surface area (Å²) in [4.78, 5) is 8.40. The zero-order chi connectivity index (χ0) is 12.5. The van der Waals surface area contributed by atoms with Gasteiger partial charge in [-0.3, -0.25) is 0 Å². The molecule has 0 saturated heterocycles. The van der Waals surface area contributed by atoms with Crippen molar-refractivity contribution in [3.05, 3.63) is 17.8 Å². The Labute approximate surface area is 104 Å². The van der Waals surface area contributed by atoms with Gasteiger partial charge in [-0.05, 0) is 18.6 Å². The van der Waals surface area contributed by atoms with Gasteiger partial charge in [-0.25, -0.2) is 4.98 Å². The molecule has 2 N–H and O–H groups in total. The third-order valence-corrected chi connectivity index (χ3v) is 2.68. The fraction of sp³-hybridized carbons (Fsp3) is 0.364. The lowest BCUT2D eigenvalue weighted by atomic mass is 10.1. The molecule has 0 aromatic carbocycles. The normalized spacial score (nSPS) is 14.7. The van der Waals surface area contributed by atoms with E-state index in [0.717, 1.165) is 11.1 Å². The van der Waals surface area contributed by atoms with Crippen molar-refractivity contribution in [1.29, 1.82) is 0 Å². The number of aryl methyl sites for hydroxylation is 1. The van der Waals surface area contributed by atoms with Gasteiger partial charge in [0, 0.05) is 11.8 Å². The molecule has 7 nitrogen and oxygen atoms in total. The highest BCUT2D eigenvalue weighted by Crippen LogP contribution is 2.23. The van der Waals surface area contributed by atoms with E-state index in [2.05, 4.69) is 15.1 Å². The van der Waals surface area contributed by atoms with Crippen molar-refractivity contribution in [1.82, 2.24) is 19.7 Å². The van der Waals surface area contributed by atoms with Crippen LogP contribution in [0.5, 0.6) is 6.01 Å². The highest BCUT2D eigenvalue weighted by Gasteiger charge is 2.16. The Bertz CT molecular complexity index is 557. The molecule has 3 rings (SSSR count). The quantitative estimate of drug-likeness (QED) is 0.793. The summed E-state index contributed by atoms with van der Waals surface area (Å²) in [6.07, 6.45) is 1.67. The summed E-state index contributed by atoms with van der Waals surface area (Å²) >= 11 is 0. The molecule has 0 spiro atoms. The Morgan fingerprint density at radius 1 is 1.39 bits per heavy atom. The van der Waals surface area contributed by atoms with E-state index in [0.29, 0.717) is 37.6 Å². The molecule has 0 bridgehead atoms. The first-order valence-corrected chi connectivity index (χ1v) is 5.62. The monoisotopic (exact) mass is 247 g/mol. The van der Waals surface area contributed by atoms with Crippen LogP contribution in [0.1, 0.15) is 5.56 Å². The van der Waals surface area contributed by atoms with Crippen LogP contribution in [-0.4, -0.2) is 33.0 Å². The lowest BCUT2D eigenvalue weighted by molar-refractivity contribution is 0.0738. The zero-order valence-corrected chi connectivity index (χ0v) is 9.96. The molecule has 0 saturated carbocycles. The van der Waals surface area contributed by atoms with E-state index in [9.17, 15) is 0 Å². The lowest BCUT2D eigenvalue weighted by Crippen LogP contribution is -2.02. The van der Waals surface area contributed by atoms with Crippen LogP contribution < -0.4 is 10.5 Å². The minimum absolute atomic E-state index is 0.351. The molecule has 3 heterocycles. The number of hydrogen-bond donors (Lipinski definition) is 1. The first-order valence-electron chi connectivity index (χ1n) is 5.62. The van der Waals surface area contributed by atoms with Gasteiger partial charge < -0.3 is 15.2 Å². The molecule has 2 aromatic heterocycles. The highest BCUT2D eigenvalue weighted by molar-refractivity contribution is 5.60. The maximum Gasteiger partial charge on any atom is 0.317 e. The van der Waals surface area contributed by atoms with Crippen molar-refractivity contribution < 1.29 is 9.47 Å². The number of nitrogen functional groups attached to an aromatic ring is 1. The Morgan fingerprint density at radius 2 is 2.28 bits per heavy atom. The average Bonchev–Trinajstić information content (AvgIpc) is 2.60. The smallest absolute Gasteiger partial charge is 0.317 e. The van der Waals surface area contributed by atoms with Gasteiger partial charge in [0.05, 0.1) is 6.61 Å². The number of fused-ring (bicyclic) bond motifs is 1. The third-order valence-electron chi connectivity index (χ3n) is 2.68. The fourth-order valence-electron chi connectivity index (χ4n) is 1.79. The van der Waals surface area contributed by atoms with Gasteiger partial charge in [0.2, 0.25) is 0 Å². The molecule has 0 fully saturated rings. The van der Waals surface area contributed by atoms with Crippen LogP contribution in [0.3, 0.4) is 0 Å². The standard InChI is InChI=1S/C11H13N5O2/c1-7-4-9(12)13-5-8(7)10-14-11-16(15-10)6-17-2-3-18-11/h4-5H,2-3,6H2,1H3,(H2,12,13). The van der Waals surface area contributed by atoms with E-state index in [-0.39, 0.29) is 0 Å². The summed E-state index contributed by atoms with van der Waals surface area (Å²) in [5.41, 5.74) is 7.44. The number of pyridine rings is 1. The Balaban J connectivity index is 2.02. The van der Waals surface area contributed by atoms with Crippen LogP contribution in [0.4, 0.5) is 5.82 Å². The van der Waals surface area contributed by atoms with Gasteiger partial charge in [0.1, 0.15) is 19.2 Å². The second-order valence-corrected chi connectivity index (χ2v) is 4.03. The fourth-order valence-corrected chi connectivity index (χ4v) is 1.79. The minimum atomic E-state index is 0.351. The Morgan fingerprint density at radius 3 is 3.11 bits per heavy atom. The van der Waals surface area contributed by atoms with Gasteiger partial charge in [-0.2, -0.15) is 9.67 Å². The van der Waals surface area contributed by atoms with Crippen molar-refractivity contribution in [2.45, 2.75) is 13.7 Å². The number of nitrogens with zero attached hydrogens (tertiary/aromatic N) is 4. The van der Waals surface area contributed by atoms with E-state index in [1.807, 2.05) is 6.92 Å². The number of rotatable bonds is 1. The highest BCUT2D eigenvalue weighted by atomic mass is 16.6. The third kappa shape index (κ3) is 1.88. The summed E-state index contributed by atoms with van der Waals surface area (Å²) in [6, 6.07) is 2.26. The van der Waals surface area contributed by atoms with Crippen LogP contribution in [0, 0.1) is 6.92 Å². The van der Waals surface area contributed by atoms with Gasteiger partial charge in [0.25, 0.3) is 0 Å². The predicted molar refractivity (Wildman–Crippen MR) is 63.8 cm³/mol. The van der Waals surface area contributed by atoms with Crippen molar-refractivity contribution in [2.24, 2.45) is 0 Å². The van der Waals surface area contributed by atoms with E-state index < -0.39 is 0 Å². The van der Waals surface area contributed by atoms with Gasteiger partial charge in [0.15, 0.2) is 5.82 Å². The summed E-state index contributed by atoms with van der Waals surface area (Å²) < 4.78 is 12.3. The maximum atomic E-state index is 5.62. The van der Waals surface area contributed by atoms with E-state index in [4.69, 9.17) is 15.2 Å². The van der Waals surface area contributed by atoms with Crippen LogP contribution in [0.15, 0.2) is 12.3 Å². The summed E-state index contributed by atoms with van der Waals surface area (Å²) in [7, 11) is 0. The second kappa shape index (κ2) is 4.26. The number of ether oxygens (including phenoxy) is 2. The molecule has 0 radical (unpaired) electrons. The second-order valence-electron chi connectivity index (χ2n) is 4.03. The molecule has 0 aliphatic carbocycles. The molecular formula is C11H13N5O2.